The molecular weight excluding hydrogens is 757 g/mol. The van der Waals surface area contributed by atoms with Crippen LogP contribution in [0.3, 0.4) is 0 Å². The first-order valence-electron chi connectivity index (χ1n) is 19.5. The van der Waals surface area contributed by atoms with Gasteiger partial charge in [0.1, 0.15) is 11.4 Å². The van der Waals surface area contributed by atoms with E-state index in [0.717, 1.165) is 77.5 Å². The number of anilines is 2. The van der Waals surface area contributed by atoms with Crippen molar-refractivity contribution in [1.82, 2.24) is 15.3 Å². The SMILES string of the molecule is Cc1c(NC(=O)c2cc(C3CC3)c(CNCC3(O)CC3)cn2)cccc1-c1cccc(NC(=O)c2cc(C3CC3)c(CS(=O)(=O)c3ccc([N+](=O)[O-])cc3)cn2)c1C. The second-order valence-corrected chi connectivity index (χ2v) is 17.8. The van der Waals surface area contributed by atoms with Crippen molar-refractivity contribution in [2.45, 2.75) is 87.0 Å². The fourth-order valence-corrected chi connectivity index (χ4v) is 8.74. The van der Waals surface area contributed by atoms with E-state index < -0.39 is 26.3 Å². The molecule has 13 nitrogen and oxygen atoms in total. The van der Waals surface area contributed by atoms with Crippen LogP contribution < -0.4 is 16.0 Å². The molecule has 2 heterocycles. The van der Waals surface area contributed by atoms with Crippen LogP contribution >= 0.6 is 0 Å². The number of aromatic nitrogens is 2. The first kappa shape index (κ1) is 39.0. The maximum atomic E-state index is 13.7. The molecule has 0 spiro atoms. The number of nitro benzene ring substituents is 1. The lowest BCUT2D eigenvalue weighted by Gasteiger charge is -2.17. The van der Waals surface area contributed by atoms with E-state index in [1.807, 2.05) is 50.2 Å². The van der Waals surface area contributed by atoms with Gasteiger partial charge in [-0.25, -0.2) is 8.42 Å². The summed E-state index contributed by atoms with van der Waals surface area (Å²) in [7, 11) is -3.84. The molecule has 2 amide bonds. The van der Waals surface area contributed by atoms with Gasteiger partial charge in [-0.05, 0) is 145 Å². The number of carbonyl (C=O) groups is 2. The molecule has 14 heteroatoms. The van der Waals surface area contributed by atoms with E-state index in [-0.39, 0.29) is 33.9 Å². The molecule has 3 saturated carbocycles. The van der Waals surface area contributed by atoms with Crippen LogP contribution in [0.1, 0.15) is 105 Å². The highest BCUT2D eigenvalue weighted by atomic mass is 32.2. The number of carbonyl (C=O) groups excluding carboxylic acids is 2. The van der Waals surface area contributed by atoms with Gasteiger partial charge in [-0.1, -0.05) is 24.3 Å². The smallest absolute Gasteiger partial charge is 0.274 e. The zero-order valence-corrected chi connectivity index (χ0v) is 33.1. The summed E-state index contributed by atoms with van der Waals surface area (Å²) in [5.74, 6) is -0.571. The van der Waals surface area contributed by atoms with Gasteiger partial charge in [-0.2, -0.15) is 0 Å². The Kier molecular flexibility index (Phi) is 10.4. The van der Waals surface area contributed by atoms with E-state index in [1.54, 1.807) is 18.3 Å². The van der Waals surface area contributed by atoms with Crippen molar-refractivity contribution in [3.63, 3.8) is 0 Å². The van der Waals surface area contributed by atoms with Crippen molar-refractivity contribution in [1.29, 1.82) is 0 Å². The Morgan fingerprint density at radius 3 is 1.78 bits per heavy atom. The van der Waals surface area contributed by atoms with Gasteiger partial charge in [-0.3, -0.25) is 29.7 Å². The highest BCUT2D eigenvalue weighted by Crippen LogP contribution is 2.44. The van der Waals surface area contributed by atoms with Gasteiger partial charge >= 0.3 is 0 Å². The minimum absolute atomic E-state index is 0.0278. The number of hydrogen-bond acceptors (Lipinski definition) is 10. The van der Waals surface area contributed by atoms with Crippen LogP contribution in [0.5, 0.6) is 0 Å². The second-order valence-electron chi connectivity index (χ2n) is 15.8. The fraction of sp³-hybridized carbons (Fsp3) is 0.318. The monoisotopic (exact) mass is 800 g/mol. The topological polar surface area (TPSA) is 194 Å². The quantitative estimate of drug-likeness (QED) is 0.0608. The molecule has 58 heavy (non-hydrogen) atoms. The van der Waals surface area contributed by atoms with Gasteiger partial charge in [0.15, 0.2) is 9.84 Å². The van der Waals surface area contributed by atoms with Gasteiger partial charge in [0, 0.05) is 49.0 Å². The molecule has 0 atom stereocenters. The molecule has 8 rings (SSSR count). The molecule has 0 radical (unpaired) electrons. The first-order valence-corrected chi connectivity index (χ1v) is 21.1. The maximum Gasteiger partial charge on any atom is 0.274 e. The van der Waals surface area contributed by atoms with Crippen LogP contribution in [0.4, 0.5) is 17.1 Å². The number of sulfone groups is 1. The predicted molar refractivity (Wildman–Crippen MR) is 220 cm³/mol. The van der Waals surface area contributed by atoms with Crippen LogP contribution in [0.25, 0.3) is 11.1 Å². The van der Waals surface area contributed by atoms with Gasteiger partial charge in [-0.15, -0.1) is 0 Å². The van der Waals surface area contributed by atoms with E-state index in [1.165, 1.54) is 30.5 Å². The Labute approximate surface area is 336 Å². The van der Waals surface area contributed by atoms with Crippen molar-refractivity contribution in [2.24, 2.45) is 0 Å². The van der Waals surface area contributed by atoms with Gasteiger partial charge in [0.2, 0.25) is 0 Å². The van der Waals surface area contributed by atoms with Crippen molar-refractivity contribution >= 4 is 38.7 Å². The van der Waals surface area contributed by atoms with Crippen LogP contribution in [0, 0.1) is 24.0 Å². The Morgan fingerprint density at radius 1 is 0.793 bits per heavy atom. The van der Waals surface area contributed by atoms with Crippen molar-refractivity contribution in [2.75, 3.05) is 17.2 Å². The Hall–Kier alpha value is -5.83. The normalized spacial score (nSPS) is 15.8. The van der Waals surface area contributed by atoms with Gasteiger partial charge < -0.3 is 21.1 Å². The van der Waals surface area contributed by atoms with Crippen molar-refractivity contribution in [3.8, 4) is 11.1 Å². The number of nitrogens with one attached hydrogen (secondary N) is 3. The molecule has 4 N–H and O–H groups in total. The van der Waals surface area contributed by atoms with Gasteiger partial charge in [0.25, 0.3) is 17.5 Å². The summed E-state index contributed by atoms with van der Waals surface area (Å²) in [5.41, 5.74) is 7.75. The second kappa shape index (κ2) is 15.5. The van der Waals surface area contributed by atoms with Crippen LogP contribution in [-0.4, -0.2) is 52.4 Å². The molecule has 2 aromatic heterocycles. The number of aliphatic hydroxyl groups is 1. The highest BCUT2D eigenvalue weighted by Gasteiger charge is 2.39. The van der Waals surface area contributed by atoms with Crippen molar-refractivity contribution in [3.05, 3.63) is 140 Å². The number of nitro groups is 1. The zero-order chi connectivity index (χ0) is 40.8. The summed E-state index contributed by atoms with van der Waals surface area (Å²) in [5, 5.41) is 30.7. The largest absolute Gasteiger partial charge is 0.389 e. The van der Waals surface area contributed by atoms with Crippen LogP contribution in [0.15, 0.2) is 90.1 Å². The van der Waals surface area contributed by atoms with Crippen molar-refractivity contribution < 1.29 is 28.0 Å². The number of hydrogen-bond donors (Lipinski definition) is 4. The number of nitrogens with zero attached hydrogens (tertiary/aromatic N) is 3. The first-order chi connectivity index (χ1) is 27.8. The fourth-order valence-electron chi connectivity index (χ4n) is 7.38. The van der Waals surface area contributed by atoms with Crippen LogP contribution in [-0.2, 0) is 22.1 Å². The number of non-ortho nitro benzene ring substituents is 1. The Morgan fingerprint density at radius 2 is 1.29 bits per heavy atom. The lowest BCUT2D eigenvalue weighted by Crippen LogP contribution is -2.28. The number of benzene rings is 3. The summed E-state index contributed by atoms with van der Waals surface area (Å²) in [6.45, 7) is 4.99. The Bertz CT molecular complexity index is 2560. The summed E-state index contributed by atoms with van der Waals surface area (Å²) < 4.78 is 26.6. The molecule has 3 aromatic carbocycles. The molecule has 0 unspecified atom stereocenters. The number of pyridine rings is 2. The van der Waals surface area contributed by atoms with E-state index in [9.17, 15) is 33.2 Å². The predicted octanol–water partition coefficient (Wildman–Crippen LogP) is 7.52. The Balaban J connectivity index is 0.971. The van der Waals surface area contributed by atoms with E-state index in [0.29, 0.717) is 41.6 Å². The third kappa shape index (κ3) is 8.54. The van der Waals surface area contributed by atoms with E-state index in [2.05, 4.69) is 25.9 Å². The number of rotatable bonds is 15. The molecular formula is C44H44N6O7S. The van der Waals surface area contributed by atoms with Gasteiger partial charge in [0.05, 0.1) is 21.2 Å². The summed E-state index contributed by atoms with van der Waals surface area (Å²) in [4.78, 5) is 46.6. The van der Waals surface area contributed by atoms with E-state index >= 15 is 0 Å². The molecule has 298 valence electrons. The minimum Gasteiger partial charge on any atom is -0.389 e. The minimum atomic E-state index is -3.84. The lowest BCUT2D eigenvalue weighted by molar-refractivity contribution is -0.384. The maximum absolute atomic E-state index is 13.7. The number of amides is 2. The average molecular weight is 801 g/mol. The third-order valence-corrected chi connectivity index (χ3v) is 13.0. The molecule has 0 aliphatic heterocycles. The molecule has 3 aliphatic rings. The zero-order valence-electron chi connectivity index (χ0n) is 32.2. The summed E-state index contributed by atoms with van der Waals surface area (Å²) in [6.07, 6.45) is 8.73. The summed E-state index contributed by atoms with van der Waals surface area (Å²) >= 11 is 0. The average Bonchev–Trinajstić information content (AvgIpc) is 4.06. The molecule has 0 bridgehead atoms. The molecule has 3 fully saturated rings. The standard InChI is InChI=1S/C44H44N6O7S/c1-26-34(5-3-7-38(26)48-42(51)40-19-36(28-9-10-28)30(22-46-40)21-45-25-44(53)17-18-44)35-6-4-8-39(27(35)2)49-43(52)41-20-37(29-11-12-29)31(23-47-41)24-58(56,57)33-15-13-32(14-16-33)50(54)55/h3-8,13-16,19-20,22-23,28-29,45,53H,9-12,17-18,21,24-25H2,1-2H3,(H,48,51)(H,49,52). The van der Waals surface area contributed by atoms with E-state index in [4.69, 9.17) is 0 Å². The highest BCUT2D eigenvalue weighted by molar-refractivity contribution is 7.90. The molecule has 0 saturated heterocycles. The lowest BCUT2D eigenvalue weighted by atomic mass is 9.94. The molecule has 3 aliphatic carbocycles. The van der Waals surface area contributed by atoms with Crippen LogP contribution in [0.2, 0.25) is 0 Å². The molecule has 5 aromatic rings. The summed E-state index contributed by atoms with van der Waals surface area (Å²) in [6, 6.07) is 19.7. The third-order valence-electron chi connectivity index (χ3n) is 11.3.